The highest BCUT2D eigenvalue weighted by atomic mass is 19.1. The van der Waals surface area contributed by atoms with E-state index in [0.29, 0.717) is 12.0 Å². The lowest BCUT2D eigenvalue weighted by atomic mass is 10.0. The second-order valence-corrected chi connectivity index (χ2v) is 5.24. The van der Waals surface area contributed by atoms with E-state index in [9.17, 15) is 4.39 Å². The van der Waals surface area contributed by atoms with Crippen molar-refractivity contribution in [3.63, 3.8) is 0 Å². The van der Waals surface area contributed by atoms with Crippen LogP contribution in [0, 0.1) is 11.7 Å². The van der Waals surface area contributed by atoms with Crippen LogP contribution in [0.3, 0.4) is 0 Å². The molecule has 2 atom stereocenters. The minimum atomic E-state index is -0.259. The summed E-state index contributed by atoms with van der Waals surface area (Å²) >= 11 is 0. The Hall–Kier alpha value is -0.960. The molecule has 2 rings (SSSR count). The van der Waals surface area contributed by atoms with Crippen LogP contribution in [-0.4, -0.2) is 17.6 Å². The van der Waals surface area contributed by atoms with Gasteiger partial charge in [0.15, 0.2) is 0 Å². The lowest BCUT2D eigenvalue weighted by molar-refractivity contribution is 0.522. The summed E-state index contributed by atoms with van der Waals surface area (Å²) in [5, 5.41) is 3.44. The van der Waals surface area contributed by atoms with Crippen LogP contribution in [0.2, 0.25) is 0 Å². The predicted molar refractivity (Wildman–Crippen MR) is 62.8 cm³/mol. The first-order valence-electron chi connectivity index (χ1n) is 5.88. The van der Waals surface area contributed by atoms with Crippen molar-refractivity contribution in [1.82, 2.24) is 10.3 Å². The molecule has 1 saturated carbocycles. The van der Waals surface area contributed by atoms with Gasteiger partial charge in [-0.15, -0.1) is 0 Å². The Kier molecular flexibility index (Phi) is 2.98. The third kappa shape index (κ3) is 2.24. The Morgan fingerprint density at radius 1 is 1.56 bits per heavy atom. The zero-order valence-corrected chi connectivity index (χ0v) is 10.1. The van der Waals surface area contributed by atoms with Crippen LogP contribution in [0.1, 0.15) is 32.9 Å². The summed E-state index contributed by atoms with van der Waals surface area (Å²) in [6, 6.07) is 3.83. The molecule has 1 aliphatic rings. The molecule has 3 heteroatoms. The molecule has 88 valence electrons. The fraction of sp³-hybridized carbons (Fsp3) is 0.615. The minimum Gasteiger partial charge on any atom is -0.314 e. The molecule has 2 unspecified atom stereocenters. The largest absolute Gasteiger partial charge is 0.314 e. The van der Waals surface area contributed by atoms with Gasteiger partial charge in [-0.25, -0.2) is 4.39 Å². The molecule has 1 aliphatic carbocycles. The number of halogens is 1. The van der Waals surface area contributed by atoms with Crippen molar-refractivity contribution in [3.05, 3.63) is 29.8 Å². The highest BCUT2D eigenvalue weighted by Crippen LogP contribution is 2.52. The van der Waals surface area contributed by atoms with Crippen LogP contribution in [0.25, 0.3) is 0 Å². The Morgan fingerprint density at radius 3 is 2.88 bits per heavy atom. The predicted octanol–water partition coefficient (Wildman–Crippen LogP) is 2.50. The quantitative estimate of drug-likeness (QED) is 0.846. The minimum absolute atomic E-state index is 0.148. The van der Waals surface area contributed by atoms with Gasteiger partial charge in [-0.1, -0.05) is 20.8 Å². The number of rotatable bonds is 4. The second kappa shape index (κ2) is 4.13. The van der Waals surface area contributed by atoms with Crippen LogP contribution >= 0.6 is 0 Å². The lowest BCUT2D eigenvalue weighted by Gasteiger charge is -2.12. The van der Waals surface area contributed by atoms with Crippen molar-refractivity contribution in [2.24, 2.45) is 5.92 Å². The van der Waals surface area contributed by atoms with Gasteiger partial charge >= 0.3 is 0 Å². The number of aromatic nitrogens is 1. The molecule has 1 aromatic rings. The molecule has 2 nitrogen and oxygen atoms in total. The molecule has 0 amide bonds. The van der Waals surface area contributed by atoms with Gasteiger partial charge in [0.1, 0.15) is 5.82 Å². The molecule has 0 spiro atoms. The number of nitrogens with one attached hydrogen (secondary N) is 1. The van der Waals surface area contributed by atoms with Gasteiger partial charge in [0.25, 0.3) is 0 Å². The molecule has 1 fully saturated rings. The SMILES string of the molecule is CC(C)NCC1CC1(C)c1ccc(F)cn1. The first-order chi connectivity index (χ1) is 7.52. The first kappa shape index (κ1) is 11.5. The number of nitrogens with zero attached hydrogens (tertiary/aromatic N) is 1. The Labute approximate surface area is 96.3 Å². The van der Waals surface area contributed by atoms with E-state index in [1.807, 2.05) is 6.07 Å². The summed E-state index contributed by atoms with van der Waals surface area (Å²) in [4.78, 5) is 4.19. The van der Waals surface area contributed by atoms with Gasteiger partial charge in [-0.3, -0.25) is 4.98 Å². The fourth-order valence-corrected chi connectivity index (χ4v) is 2.16. The van der Waals surface area contributed by atoms with Crippen molar-refractivity contribution in [2.75, 3.05) is 6.54 Å². The second-order valence-electron chi connectivity index (χ2n) is 5.24. The molecule has 0 aromatic carbocycles. The first-order valence-corrected chi connectivity index (χ1v) is 5.88. The summed E-state index contributed by atoms with van der Waals surface area (Å²) < 4.78 is 12.8. The van der Waals surface area contributed by atoms with Gasteiger partial charge in [0.2, 0.25) is 0 Å². The zero-order chi connectivity index (χ0) is 11.8. The molecule has 0 bridgehead atoms. The number of pyridine rings is 1. The summed E-state index contributed by atoms with van der Waals surface area (Å²) in [6.45, 7) is 7.53. The standard InChI is InChI=1S/C13H19FN2/c1-9(2)15-7-10-6-13(10,3)12-5-4-11(14)8-16-12/h4-5,8-10,15H,6-7H2,1-3H3. The van der Waals surface area contributed by atoms with Crippen LogP contribution < -0.4 is 5.32 Å². The zero-order valence-electron chi connectivity index (χ0n) is 10.1. The molecular weight excluding hydrogens is 203 g/mol. The summed E-state index contributed by atoms with van der Waals surface area (Å²) in [7, 11) is 0. The third-order valence-corrected chi connectivity index (χ3v) is 3.50. The normalized spacial score (nSPS) is 28.4. The highest BCUT2D eigenvalue weighted by Gasteiger charge is 2.51. The van der Waals surface area contributed by atoms with Crippen molar-refractivity contribution in [3.8, 4) is 0 Å². The smallest absolute Gasteiger partial charge is 0.141 e. The van der Waals surface area contributed by atoms with E-state index in [1.54, 1.807) is 0 Å². The molecule has 1 aromatic heterocycles. The molecule has 0 radical (unpaired) electrons. The summed E-state index contributed by atoms with van der Waals surface area (Å²) in [6.07, 6.45) is 2.46. The monoisotopic (exact) mass is 222 g/mol. The highest BCUT2D eigenvalue weighted by molar-refractivity contribution is 5.26. The average molecular weight is 222 g/mol. The molecule has 0 saturated heterocycles. The molecule has 16 heavy (non-hydrogen) atoms. The summed E-state index contributed by atoms with van der Waals surface area (Å²) in [5.74, 6) is 0.373. The van der Waals surface area contributed by atoms with Crippen molar-refractivity contribution < 1.29 is 4.39 Å². The van der Waals surface area contributed by atoms with E-state index in [2.05, 4.69) is 31.1 Å². The molecule has 1 heterocycles. The van der Waals surface area contributed by atoms with Crippen molar-refractivity contribution >= 4 is 0 Å². The Morgan fingerprint density at radius 2 is 2.31 bits per heavy atom. The van der Waals surface area contributed by atoms with Crippen LogP contribution in [0.5, 0.6) is 0 Å². The maximum Gasteiger partial charge on any atom is 0.141 e. The van der Waals surface area contributed by atoms with Gasteiger partial charge in [-0.2, -0.15) is 0 Å². The van der Waals surface area contributed by atoms with Crippen LogP contribution in [0.4, 0.5) is 4.39 Å². The topological polar surface area (TPSA) is 24.9 Å². The molecule has 0 aliphatic heterocycles. The van der Waals surface area contributed by atoms with Gasteiger partial charge in [0.05, 0.1) is 6.20 Å². The lowest BCUT2D eigenvalue weighted by Crippen LogP contribution is -2.27. The average Bonchev–Trinajstić information content (AvgIpc) is 2.89. The summed E-state index contributed by atoms with van der Waals surface area (Å²) in [5.41, 5.74) is 1.17. The van der Waals surface area contributed by atoms with Gasteiger partial charge < -0.3 is 5.32 Å². The number of hydrogen-bond donors (Lipinski definition) is 1. The Bertz CT molecular complexity index is 361. The van der Waals surface area contributed by atoms with E-state index in [4.69, 9.17) is 0 Å². The molecule has 1 N–H and O–H groups in total. The van der Waals surface area contributed by atoms with Gasteiger partial charge in [-0.05, 0) is 31.0 Å². The van der Waals surface area contributed by atoms with Crippen LogP contribution in [0.15, 0.2) is 18.3 Å². The molecular formula is C13H19FN2. The van der Waals surface area contributed by atoms with E-state index in [1.165, 1.54) is 12.3 Å². The Balaban J connectivity index is 1.98. The van der Waals surface area contributed by atoms with Gasteiger partial charge in [0, 0.05) is 17.2 Å². The number of hydrogen-bond acceptors (Lipinski definition) is 2. The maximum absolute atomic E-state index is 12.8. The fourth-order valence-electron chi connectivity index (χ4n) is 2.16. The van der Waals surface area contributed by atoms with E-state index < -0.39 is 0 Å². The third-order valence-electron chi connectivity index (χ3n) is 3.50. The van der Waals surface area contributed by atoms with E-state index >= 15 is 0 Å². The van der Waals surface area contributed by atoms with Crippen LogP contribution in [-0.2, 0) is 5.41 Å². The van der Waals surface area contributed by atoms with E-state index in [0.717, 1.165) is 18.7 Å². The van der Waals surface area contributed by atoms with Crippen molar-refractivity contribution in [1.29, 1.82) is 0 Å². The maximum atomic E-state index is 12.8. The van der Waals surface area contributed by atoms with Crippen molar-refractivity contribution in [2.45, 2.75) is 38.6 Å². The van der Waals surface area contributed by atoms with E-state index in [-0.39, 0.29) is 11.2 Å².